The van der Waals surface area contributed by atoms with E-state index in [1.165, 1.54) is 0 Å². The number of carbonyl (C=O) groups is 1. The Kier molecular flexibility index (Phi) is 11.9. The number of benzene rings is 2. The van der Waals surface area contributed by atoms with Crippen LogP contribution in [-0.4, -0.2) is 16.1 Å². The molecule has 0 aliphatic carbocycles. The lowest BCUT2D eigenvalue weighted by molar-refractivity contribution is -0.137. The Morgan fingerprint density at radius 1 is 1.00 bits per heavy atom. The maximum absolute atomic E-state index is 10.7. The second-order valence-corrected chi connectivity index (χ2v) is 6.67. The van der Waals surface area contributed by atoms with Crippen molar-refractivity contribution in [3.05, 3.63) is 71.9 Å². The molecule has 0 saturated heterocycles. The van der Waals surface area contributed by atoms with Gasteiger partial charge in [0.1, 0.15) is 12.4 Å². The lowest BCUT2D eigenvalue weighted by atomic mass is 9.96. The molecule has 0 aliphatic heterocycles. The molecule has 4 heteroatoms. The fraction of sp³-hybridized carbons (Fsp3) is 0.385. The molecule has 0 saturated carbocycles. The summed E-state index contributed by atoms with van der Waals surface area (Å²) < 4.78 is 5.90. The zero-order valence-corrected chi connectivity index (χ0v) is 18.9. The Hall–Kier alpha value is -2.88. The Bertz CT molecular complexity index is 892. The standard InChI is InChI=1S/C22H23NO3.2C2H6/c1-16(9-12-22(24)25)13-17-5-4-7-20(14-17)26-15-19-11-10-18-6-2-3-8-21(18)23-19;2*1-2/h2-8,10-11,14,16H,9,12-13,15H2,1H3,(H,24,25);2*1-2H3. The monoisotopic (exact) mass is 409 g/mol. The van der Waals surface area contributed by atoms with Gasteiger partial charge in [-0.05, 0) is 48.6 Å². The molecule has 1 aromatic heterocycles. The van der Waals surface area contributed by atoms with E-state index in [9.17, 15) is 4.79 Å². The van der Waals surface area contributed by atoms with Crippen LogP contribution in [0, 0.1) is 5.92 Å². The number of carboxylic acid groups (broad SMARTS) is 1. The van der Waals surface area contributed by atoms with Gasteiger partial charge >= 0.3 is 5.97 Å². The van der Waals surface area contributed by atoms with Crippen molar-refractivity contribution in [1.82, 2.24) is 4.98 Å². The highest BCUT2D eigenvalue weighted by Gasteiger charge is 2.08. The molecule has 3 aromatic rings. The molecule has 1 N–H and O–H groups in total. The number of aromatic nitrogens is 1. The molecule has 162 valence electrons. The average molecular weight is 410 g/mol. The van der Waals surface area contributed by atoms with Crippen LogP contribution in [0.25, 0.3) is 10.9 Å². The maximum atomic E-state index is 10.7. The normalized spacial score (nSPS) is 10.8. The Morgan fingerprint density at radius 3 is 2.47 bits per heavy atom. The zero-order valence-electron chi connectivity index (χ0n) is 18.9. The van der Waals surface area contributed by atoms with Gasteiger partial charge in [0.15, 0.2) is 0 Å². The van der Waals surface area contributed by atoms with Crippen LogP contribution in [0.5, 0.6) is 5.75 Å². The lowest BCUT2D eigenvalue weighted by Crippen LogP contribution is -2.04. The first-order valence-corrected chi connectivity index (χ1v) is 10.9. The first-order chi connectivity index (χ1) is 14.6. The van der Waals surface area contributed by atoms with Crippen molar-refractivity contribution < 1.29 is 14.6 Å². The number of hydrogen-bond donors (Lipinski definition) is 1. The topological polar surface area (TPSA) is 59.4 Å². The fourth-order valence-corrected chi connectivity index (χ4v) is 2.98. The van der Waals surface area contributed by atoms with Crippen LogP contribution in [0.15, 0.2) is 60.7 Å². The highest BCUT2D eigenvalue weighted by atomic mass is 16.5. The molecule has 30 heavy (non-hydrogen) atoms. The van der Waals surface area contributed by atoms with E-state index in [0.717, 1.165) is 34.3 Å². The van der Waals surface area contributed by atoms with E-state index >= 15 is 0 Å². The van der Waals surface area contributed by atoms with Gasteiger partial charge in [-0.3, -0.25) is 4.79 Å². The van der Waals surface area contributed by atoms with Crippen molar-refractivity contribution in [2.45, 2.75) is 60.5 Å². The molecule has 0 spiro atoms. The first-order valence-electron chi connectivity index (χ1n) is 10.9. The van der Waals surface area contributed by atoms with Gasteiger partial charge < -0.3 is 9.84 Å². The summed E-state index contributed by atoms with van der Waals surface area (Å²) in [5, 5.41) is 9.91. The van der Waals surface area contributed by atoms with Crippen LogP contribution in [-0.2, 0) is 17.8 Å². The number of pyridine rings is 1. The zero-order chi connectivity index (χ0) is 22.4. The van der Waals surface area contributed by atoms with Crippen molar-refractivity contribution in [3.63, 3.8) is 0 Å². The number of fused-ring (bicyclic) bond motifs is 1. The van der Waals surface area contributed by atoms with Gasteiger partial charge in [0.05, 0.1) is 11.2 Å². The third kappa shape index (κ3) is 8.64. The Balaban J connectivity index is 0.00000106. The first kappa shape index (κ1) is 25.2. The molecule has 1 unspecified atom stereocenters. The largest absolute Gasteiger partial charge is 0.487 e. The number of ether oxygens (including phenoxy) is 1. The molecule has 2 aromatic carbocycles. The van der Waals surface area contributed by atoms with E-state index in [4.69, 9.17) is 9.84 Å². The van der Waals surface area contributed by atoms with Crippen LogP contribution in [0.3, 0.4) is 0 Å². The van der Waals surface area contributed by atoms with Gasteiger partial charge in [-0.2, -0.15) is 0 Å². The number of hydrogen-bond acceptors (Lipinski definition) is 3. The second kappa shape index (κ2) is 14.2. The second-order valence-electron chi connectivity index (χ2n) is 6.67. The number of nitrogens with zero attached hydrogens (tertiary/aromatic N) is 1. The smallest absolute Gasteiger partial charge is 0.303 e. The van der Waals surface area contributed by atoms with Crippen LogP contribution >= 0.6 is 0 Å². The van der Waals surface area contributed by atoms with Gasteiger partial charge in [0.25, 0.3) is 0 Å². The molecule has 0 bridgehead atoms. The highest BCUT2D eigenvalue weighted by Crippen LogP contribution is 2.20. The number of para-hydroxylation sites is 1. The SMILES string of the molecule is CC.CC.CC(CCC(=O)O)Cc1cccc(OCc2ccc3ccccc3n2)c1. The summed E-state index contributed by atoms with van der Waals surface area (Å²) in [6, 6.07) is 20.1. The molecule has 3 rings (SSSR count). The van der Waals surface area contributed by atoms with Gasteiger partial charge in [-0.25, -0.2) is 4.98 Å². The van der Waals surface area contributed by atoms with Gasteiger partial charge in [0, 0.05) is 11.8 Å². The summed E-state index contributed by atoms with van der Waals surface area (Å²) in [5.41, 5.74) is 3.02. The lowest BCUT2D eigenvalue weighted by Gasteiger charge is -2.12. The van der Waals surface area contributed by atoms with Gasteiger partial charge in [0.2, 0.25) is 0 Å². The third-order valence-electron chi connectivity index (χ3n) is 4.38. The molecule has 1 heterocycles. The summed E-state index contributed by atoms with van der Waals surface area (Å²) in [6.45, 7) is 10.5. The van der Waals surface area contributed by atoms with Gasteiger partial charge in [-0.1, -0.05) is 71.0 Å². The maximum Gasteiger partial charge on any atom is 0.303 e. The summed E-state index contributed by atoms with van der Waals surface area (Å²) in [5.74, 6) is 0.392. The molecule has 4 nitrogen and oxygen atoms in total. The molecule has 0 radical (unpaired) electrons. The quantitative estimate of drug-likeness (QED) is 0.439. The van der Waals surface area contributed by atoms with Gasteiger partial charge in [-0.15, -0.1) is 0 Å². The van der Waals surface area contributed by atoms with Crippen LogP contribution in [0.1, 0.15) is 58.7 Å². The minimum absolute atomic E-state index is 0.213. The molecular formula is C26H35NO3. The average Bonchev–Trinajstić information content (AvgIpc) is 2.79. The Morgan fingerprint density at radius 2 is 1.73 bits per heavy atom. The predicted molar refractivity (Wildman–Crippen MR) is 125 cm³/mol. The number of rotatable bonds is 8. The third-order valence-corrected chi connectivity index (χ3v) is 4.38. The predicted octanol–water partition coefficient (Wildman–Crippen LogP) is 6.91. The van der Waals surface area contributed by atoms with Crippen molar-refractivity contribution in [1.29, 1.82) is 0 Å². The Labute approximate surface area is 180 Å². The van der Waals surface area contributed by atoms with Crippen molar-refractivity contribution >= 4 is 16.9 Å². The summed E-state index contributed by atoms with van der Waals surface area (Å²) in [4.78, 5) is 15.3. The van der Waals surface area contributed by atoms with Crippen molar-refractivity contribution in [3.8, 4) is 5.75 Å². The van der Waals surface area contributed by atoms with Crippen LogP contribution < -0.4 is 4.74 Å². The molecule has 1 atom stereocenters. The van der Waals surface area contributed by atoms with E-state index in [1.807, 2.05) is 76.2 Å². The summed E-state index contributed by atoms with van der Waals surface area (Å²) in [6.07, 6.45) is 1.74. The van der Waals surface area contributed by atoms with Crippen LogP contribution in [0.2, 0.25) is 0 Å². The van der Waals surface area contributed by atoms with Crippen molar-refractivity contribution in [2.24, 2.45) is 5.92 Å². The number of carboxylic acids is 1. The summed E-state index contributed by atoms with van der Waals surface area (Å²) >= 11 is 0. The molecule has 0 amide bonds. The molecule has 0 aliphatic rings. The van der Waals surface area contributed by atoms with E-state index in [2.05, 4.69) is 24.0 Å². The summed E-state index contributed by atoms with van der Waals surface area (Å²) in [7, 11) is 0. The fourth-order valence-electron chi connectivity index (χ4n) is 2.98. The number of aliphatic carboxylic acids is 1. The minimum Gasteiger partial charge on any atom is -0.487 e. The molecule has 0 fully saturated rings. The molecular weight excluding hydrogens is 374 g/mol. The van der Waals surface area contributed by atoms with Crippen molar-refractivity contribution in [2.75, 3.05) is 0 Å². The van der Waals surface area contributed by atoms with E-state index < -0.39 is 5.97 Å². The highest BCUT2D eigenvalue weighted by molar-refractivity contribution is 5.78. The van der Waals surface area contributed by atoms with E-state index in [1.54, 1.807) is 0 Å². The van der Waals surface area contributed by atoms with E-state index in [0.29, 0.717) is 18.9 Å². The van der Waals surface area contributed by atoms with Crippen LogP contribution in [0.4, 0.5) is 0 Å². The van der Waals surface area contributed by atoms with E-state index in [-0.39, 0.29) is 6.42 Å². The minimum atomic E-state index is -0.739.